The maximum absolute atomic E-state index is 2.00. The van der Waals surface area contributed by atoms with Crippen LogP contribution in [0.1, 0.15) is 0 Å². The van der Waals surface area contributed by atoms with Crippen molar-refractivity contribution >= 4 is 34.7 Å². The van der Waals surface area contributed by atoms with E-state index in [9.17, 15) is 0 Å². The fourth-order valence-corrected chi connectivity index (χ4v) is 0.385. The van der Waals surface area contributed by atoms with Gasteiger partial charge in [-0.1, -0.05) is 36.4 Å². The molecule has 0 aliphatic rings. The summed E-state index contributed by atoms with van der Waals surface area (Å²) in [4.78, 5) is 0. The molecular formula is C6H11Cl2P. The fraction of sp³-hybridized carbons (Fsp3) is 0. The summed E-state index contributed by atoms with van der Waals surface area (Å²) in [5.74, 6) is 0. The lowest BCUT2D eigenvalue weighted by Gasteiger charge is -1.69. The van der Waals surface area contributed by atoms with E-state index in [-0.39, 0.29) is 34.7 Å². The second kappa shape index (κ2) is 11.1. The van der Waals surface area contributed by atoms with Crippen LogP contribution in [0.25, 0.3) is 0 Å². The summed E-state index contributed by atoms with van der Waals surface area (Å²) in [6.45, 7) is 0. The monoisotopic (exact) mass is 184 g/mol. The minimum absolute atomic E-state index is 0. The van der Waals surface area contributed by atoms with Crippen LogP contribution < -0.4 is 0 Å². The second-order valence-corrected chi connectivity index (χ2v) is 1.15. The molecule has 0 amide bonds. The number of rotatable bonds is 0. The SMILES string of the molecule is Cl.Cl.P.c1ccccc1. The van der Waals surface area contributed by atoms with E-state index in [0.717, 1.165) is 0 Å². The molecule has 0 nitrogen and oxygen atoms in total. The van der Waals surface area contributed by atoms with Crippen LogP contribution in [0.5, 0.6) is 0 Å². The van der Waals surface area contributed by atoms with E-state index in [4.69, 9.17) is 0 Å². The summed E-state index contributed by atoms with van der Waals surface area (Å²) >= 11 is 0. The molecule has 1 aromatic rings. The minimum atomic E-state index is 0. The third-order valence-electron chi connectivity index (χ3n) is 0.667. The molecule has 0 aliphatic carbocycles. The smallest absolute Gasteiger partial charge is 0.0623 e. The van der Waals surface area contributed by atoms with E-state index in [1.165, 1.54) is 0 Å². The molecule has 1 atom stereocenters. The highest BCUT2D eigenvalue weighted by atomic mass is 35.5. The molecule has 0 fully saturated rings. The van der Waals surface area contributed by atoms with Crippen LogP contribution in [0.2, 0.25) is 0 Å². The molecule has 1 unspecified atom stereocenters. The molecule has 0 heterocycles. The number of benzene rings is 1. The van der Waals surface area contributed by atoms with E-state index in [1.807, 2.05) is 36.4 Å². The minimum Gasteiger partial charge on any atom is -0.153 e. The van der Waals surface area contributed by atoms with Crippen molar-refractivity contribution in [2.45, 2.75) is 0 Å². The standard InChI is InChI=1S/C6H6.2ClH.H3P/c1-2-4-6-5-3-1;;;/h1-6H;2*1H;1H3. The third-order valence-corrected chi connectivity index (χ3v) is 0.667. The highest BCUT2D eigenvalue weighted by Gasteiger charge is 1.57. The zero-order chi connectivity index (χ0) is 4.24. The molecule has 0 saturated carbocycles. The molecule has 0 spiro atoms. The van der Waals surface area contributed by atoms with Crippen molar-refractivity contribution < 1.29 is 0 Å². The van der Waals surface area contributed by atoms with Crippen LogP contribution in [0.4, 0.5) is 0 Å². The van der Waals surface area contributed by atoms with Crippen molar-refractivity contribution in [2.75, 3.05) is 0 Å². The number of hydrogen-bond donors (Lipinski definition) is 0. The summed E-state index contributed by atoms with van der Waals surface area (Å²) in [5, 5.41) is 0. The van der Waals surface area contributed by atoms with Crippen LogP contribution in [-0.4, -0.2) is 0 Å². The van der Waals surface area contributed by atoms with Gasteiger partial charge in [0.25, 0.3) is 0 Å². The van der Waals surface area contributed by atoms with Crippen LogP contribution in [-0.2, 0) is 0 Å². The highest BCUT2D eigenvalue weighted by Crippen LogP contribution is 1.79. The average molecular weight is 185 g/mol. The Morgan fingerprint density at radius 2 is 0.556 bits per heavy atom. The molecule has 0 N–H and O–H groups in total. The predicted molar refractivity (Wildman–Crippen MR) is 52.0 cm³/mol. The predicted octanol–water partition coefficient (Wildman–Crippen LogP) is 2.59. The van der Waals surface area contributed by atoms with Gasteiger partial charge in [0.1, 0.15) is 0 Å². The van der Waals surface area contributed by atoms with E-state index >= 15 is 0 Å². The van der Waals surface area contributed by atoms with Crippen LogP contribution in [0.3, 0.4) is 0 Å². The molecule has 54 valence electrons. The van der Waals surface area contributed by atoms with Crippen LogP contribution in [0.15, 0.2) is 36.4 Å². The normalized spacial score (nSPS) is 5.33. The van der Waals surface area contributed by atoms with Crippen molar-refractivity contribution in [1.29, 1.82) is 0 Å². The summed E-state index contributed by atoms with van der Waals surface area (Å²) in [6, 6.07) is 12.0. The summed E-state index contributed by atoms with van der Waals surface area (Å²) < 4.78 is 0. The molecular weight excluding hydrogens is 174 g/mol. The van der Waals surface area contributed by atoms with Gasteiger partial charge in [0, 0.05) is 0 Å². The van der Waals surface area contributed by atoms with Crippen molar-refractivity contribution in [3.05, 3.63) is 36.4 Å². The van der Waals surface area contributed by atoms with E-state index < -0.39 is 0 Å². The lowest BCUT2D eigenvalue weighted by molar-refractivity contribution is 1.72. The van der Waals surface area contributed by atoms with Gasteiger partial charge in [-0.2, -0.15) is 9.90 Å². The molecule has 0 bridgehead atoms. The zero-order valence-electron chi connectivity index (χ0n) is 4.99. The Balaban J connectivity index is -0.000000120. The molecule has 3 heteroatoms. The number of halogens is 2. The largest absolute Gasteiger partial charge is 0.153 e. The molecule has 0 aliphatic heterocycles. The molecule has 0 radical (unpaired) electrons. The van der Waals surface area contributed by atoms with Gasteiger partial charge < -0.3 is 0 Å². The van der Waals surface area contributed by atoms with E-state index in [1.54, 1.807) is 0 Å². The molecule has 0 aromatic heterocycles. The topological polar surface area (TPSA) is 0 Å². The van der Waals surface area contributed by atoms with Crippen LogP contribution in [0, 0.1) is 0 Å². The zero-order valence-corrected chi connectivity index (χ0v) is 8.03. The second-order valence-electron chi connectivity index (χ2n) is 1.15. The molecule has 1 rings (SSSR count). The maximum Gasteiger partial charge on any atom is -0.0623 e. The van der Waals surface area contributed by atoms with E-state index in [2.05, 4.69) is 0 Å². The number of hydrogen-bond acceptors (Lipinski definition) is 0. The Morgan fingerprint density at radius 3 is 0.667 bits per heavy atom. The first-order valence-electron chi connectivity index (χ1n) is 2.00. The Morgan fingerprint density at radius 1 is 0.444 bits per heavy atom. The Labute approximate surface area is 71.5 Å². The van der Waals surface area contributed by atoms with Crippen molar-refractivity contribution in [3.63, 3.8) is 0 Å². The van der Waals surface area contributed by atoms with Gasteiger partial charge in [-0.05, 0) is 0 Å². The molecule has 1 aromatic carbocycles. The van der Waals surface area contributed by atoms with Gasteiger partial charge >= 0.3 is 0 Å². The van der Waals surface area contributed by atoms with Gasteiger partial charge in [0.15, 0.2) is 0 Å². The summed E-state index contributed by atoms with van der Waals surface area (Å²) in [5.41, 5.74) is 0. The van der Waals surface area contributed by atoms with Gasteiger partial charge in [0.2, 0.25) is 0 Å². The molecule has 9 heavy (non-hydrogen) atoms. The van der Waals surface area contributed by atoms with E-state index in [0.29, 0.717) is 0 Å². The first kappa shape index (κ1) is 16.1. The summed E-state index contributed by atoms with van der Waals surface area (Å²) in [6.07, 6.45) is 0. The first-order valence-corrected chi connectivity index (χ1v) is 2.00. The highest BCUT2D eigenvalue weighted by molar-refractivity contribution is 6.92. The lowest BCUT2D eigenvalue weighted by Crippen LogP contribution is -1.47. The van der Waals surface area contributed by atoms with Gasteiger partial charge in [-0.15, -0.1) is 24.8 Å². The lowest BCUT2D eigenvalue weighted by atomic mass is 10.4. The first-order chi connectivity index (χ1) is 3.00. The Kier molecular flexibility index (Phi) is 19.8. The van der Waals surface area contributed by atoms with Crippen molar-refractivity contribution in [3.8, 4) is 0 Å². The van der Waals surface area contributed by atoms with Gasteiger partial charge in [-0.3, -0.25) is 0 Å². The quantitative estimate of drug-likeness (QED) is 0.545. The Hall–Kier alpha value is 0.230. The average Bonchev–Trinajstić information content (AvgIpc) is 1.72. The Bertz CT molecular complexity index is 83.0. The maximum atomic E-state index is 2.00. The van der Waals surface area contributed by atoms with Crippen LogP contribution >= 0.6 is 34.7 Å². The van der Waals surface area contributed by atoms with Crippen molar-refractivity contribution in [1.82, 2.24) is 0 Å². The van der Waals surface area contributed by atoms with Gasteiger partial charge in [-0.25, -0.2) is 0 Å². The van der Waals surface area contributed by atoms with Gasteiger partial charge in [0.05, 0.1) is 0 Å². The summed E-state index contributed by atoms with van der Waals surface area (Å²) in [7, 11) is 0. The van der Waals surface area contributed by atoms with Crippen molar-refractivity contribution in [2.24, 2.45) is 0 Å². The third kappa shape index (κ3) is 8.23. The fourth-order valence-electron chi connectivity index (χ4n) is 0.385. The molecule has 0 saturated heterocycles.